The molecule has 5 heteroatoms. The third kappa shape index (κ3) is 2.24. The molecular formula is C12H10N2O2S. The van der Waals surface area contributed by atoms with Gasteiger partial charge in [0.1, 0.15) is 0 Å². The lowest BCUT2D eigenvalue weighted by Crippen LogP contribution is -1.92. The van der Waals surface area contributed by atoms with Gasteiger partial charge in [-0.3, -0.25) is 10.1 Å². The van der Waals surface area contributed by atoms with Gasteiger partial charge in [0.15, 0.2) is 0 Å². The fraction of sp³-hybridized carbons (Fsp3) is 0. The smallest absolute Gasteiger partial charge is 0.269 e. The van der Waals surface area contributed by atoms with Crippen molar-refractivity contribution in [2.45, 2.75) is 4.90 Å². The van der Waals surface area contributed by atoms with Crippen LogP contribution in [-0.4, -0.2) is 4.92 Å². The molecule has 0 aliphatic carbocycles. The van der Waals surface area contributed by atoms with Crippen LogP contribution in [0.15, 0.2) is 47.4 Å². The number of nitrogens with zero attached hydrogens (tertiary/aromatic N) is 1. The maximum Gasteiger partial charge on any atom is 0.269 e. The molecule has 0 spiro atoms. The maximum absolute atomic E-state index is 10.5. The summed E-state index contributed by atoms with van der Waals surface area (Å²) in [5.74, 6) is 0. The fourth-order valence-electron chi connectivity index (χ4n) is 1.57. The average Bonchev–Trinajstić information content (AvgIpc) is 2.33. The van der Waals surface area contributed by atoms with Gasteiger partial charge in [-0.1, -0.05) is 12.1 Å². The Morgan fingerprint density at radius 3 is 2.35 bits per heavy atom. The number of nitro benzene ring substituents is 1. The molecule has 0 atom stereocenters. The van der Waals surface area contributed by atoms with Crippen LogP contribution >= 0.6 is 12.6 Å². The van der Waals surface area contributed by atoms with Gasteiger partial charge in [-0.2, -0.15) is 0 Å². The number of nitro groups is 1. The van der Waals surface area contributed by atoms with Crippen LogP contribution in [0.25, 0.3) is 11.1 Å². The molecule has 0 aromatic heterocycles. The standard InChI is InChI=1S/C12H10N2O2S/c13-12-10(2-1-3-11(12)17)8-4-6-9(7-5-8)14(15)16/h1-7,17H,13H2. The molecular weight excluding hydrogens is 236 g/mol. The van der Waals surface area contributed by atoms with Gasteiger partial charge < -0.3 is 5.73 Å². The largest absolute Gasteiger partial charge is 0.397 e. The number of anilines is 1. The van der Waals surface area contributed by atoms with Gasteiger partial charge in [-0.05, 0) is 23.8 Å². The molecule has 86 valence electrons. The summed E-state index contributed by atoms with van der Waals surface area (Å²) in [6, 6.07) is 11.8. The molecule has 0 amide bonds. The Morgan fingerprint density at radius 1 is 1.12 bits per heavy atom. The molecule has 0 saturated heterocycles. The van der Waals surface area contributed by atoms with Crippen molar-refractivity contribution >= 4 is 24.0 Å². The third-order valence-electron chi connectivity index (χ3n) is 2.47. The van der Waals surface area contributed by atoms with E-state index in [2.05, 4.69) is 12.6 Å². The fourth-order valence-corrected chi connectivity index (χ4v) is 1.77. The van der Waals surface area contributed by atoms with Crippen LogP contribution in [0.5, 0.6) is 0 Å². The molecule has 2 N–H and O–H groups in total. The lowest BCUT2D eigenvalue weighted by Gasteiger charge is -2.07. The van der Waals surface area contributed by atoms with E-state index in [1.165, 1.54) is 12.1 Å². The van der Waals surface area contributed by atoms with Gasteiger partial charge in [-0.25, -0.2) is 0 Å². The zero-order valence-electron chi connectivity index (χ0n) is 8.83. The molecule has 0 unspecified atom stereocenters. The van der Waals surface area contributed by atoms with E-state index in [-0.39, 0.29) is 5.69 Å². The second-order valence-electron chi connectivity index (χ2n) is 3.54. The quantitative estimate of drug-likeness (QED) is 0.370. The predicted octanol–water partition coefficient (Wildman–Crippen LogP) is 3.13. The van der Waals surface area contributed by atoms with Crippen molar-refractivity contribution in [2.24, 2.45) is 0 Å². The van der Waals surface area contributed by atoms with Crippen molar-refractivity contribution in [3.05, 3.63) is 52.6 Å². The number of hydrogen-bond acceptors (Lipinski definition) is 4. The summed E-state index contributed by atoms with van der Waals surface area (Å²) in [7, 11) is 0. The van der Waals surface area contributed by atoms with Gasteiger partial charge in [0.25, 0.3) is 5.69 Å². The number of hydrogen-bond donors (Lipinski definition) is 2. The van der Waals surface area contributed by atoms with Crippen LogP contribution in [0.1, 0.15) is 0 Å². The number of thiol groups is 1. The minimum atomic E-state index is -0.428. The van der Waals surface area contributed by atoms with Crippen LogP contribution in [-0.2, 0) is 0 Å². The molecule has 0 aliphatic heterocycles. The number of rotatable bonds is 2. The van der Waals surface area contributed by atoms with Crippen LogP contribution in [0.4, 0.5) is 11.4 Å². The zero-order chi connectivity index (χ0) is 12.4. The number of nitrogens with two attached hydrogens (primary N) is 1. The van der Waals surface area contributed by atoms with Crippen molar-refractivity contribution in [1.82, 2.24) is 0 Å². The summed E-state index contributed by atoms with van der Waals surface area (Å²) in [4.78, 5) is 10.8. The number of para-hydroxylation sites is 1. The Hall–Kier alpha value is -2.01. The second kappa shape index (κ2) is 4.47. The molecule has 2 rings (SSSR count). The highest BCUT2D eigenvalue weighted by Crippen LogP contribution is 2.31. The highest BCUT2D eigenvalue weighted by molar-refractivity contribution is 7.80. The minimum Gasteiger partial charge on any atom is -0.397 e. The van der Waals surface area contributed by atoms with E-state index in [1.54, 1.807) is 18.2 Å². The van der Waals surface area contributed by atoms with Gasteiger partial charge in [-0.15, -0.1) is 12.6 Å². The number of nitrogen functional groups attached to an aromatic ring is 1. The summed E-state index contributed by atoms with van der Waals surface area (Å²) in [5, 5.41) is 10.5. The molecule has 0 bridgehead atoms. The Kier molecular flexibility index (Phi) is 3.01. The van der Waals surface area contributed by atoms with E-state index in [1.807, 2.05) is 12.1 Å². The third-order valence-corrected chi connectivity index (χ3v) is 2.86. The molecule has 2 aromatic carbocycles. The van der Waals surface area contributed by atoms with Crippen molar-refractivity contribution in [3.63, 3.8) is 0 Å². The summed E-state index contributed by atoms with van der Waals surface area (Å²) < 4.78 is 0. The predicted molar refractivity (Wildman–Crippen MR) is 70.2 cm³/mol. The normalized spacial score (nSPS) is 10.2. The van der Waals surface area contributed by atoms with Crippen molar-refractivity contribution in [2.75, 3.05) is 5.73 Å². The summed E-state index contributed by atoms with van der Waals surface area (Å²) in [6.07, 6.45) is 0. The van der Waals surface area contributed by atoms with E-state index < -0.39 is 4.92 Å². The molecule has 0 radical (unpaired) electrons. The zero-order valence-corrected chi connectivity index (χ0v) is 9.72. The summed E-state index contributed by atoms with van der Waals surface area (Å²) >= 11 is 4.24. The van der Waals surface area contributed by atoms with E-state index in [9.17, 15) is 10.1 Å². The first kappa shape index (κ1) is 11.5. The Labute approximate surface area is 104 Å². The first-order chi connectivity index (χ1) is 8.09. The van der Waals surface area contributed by atoms with Gasteiger partial charge >= 0.3 is 0 Å². The van der Waals surface area contributed by atoms with E-state index in [4.69, 9.17) is 5.73 Å². The molecule has 17 heavy (non-hydrogen) atoms. The first-order valence-electron chi connectivity index (χ1n) is 4.92. The molecule has 0 fully saturated rings. The SMILES string of the molecule is Nc1c(S)cccc1-c1ccc([N+](=O)[O-])cc1. The van der Waals surface area contributed by atoms with E-state index in [0.717, 1.165) is 11.1 Å². The monoisotopic (exact) mass is 246 g/mol. The van der Waals surface area contributed by atoms with Gasteiger partial charge in [0.2, 0.25) is 0 Å². The Balaban J connectivity index is 2.47. The van der Waals surface area contributed by atoms with Crippen molar-refractivity contribution in [3.8, 4) is 11.1 Å². The molecule has 0 aliphatic rings. The van der Waals surface area contributed by atoms with E-state index >= 15 is 0 Å². The van der Waals surface area contributed by atoms with E-state index in [0.29, 0.717) is 10.6 Å². The van der Waals surface area contributed by atoms with Crippen LogP contribution in [0.2, 0.25) is 0 Å². The molecule has 0 heterocycles. The number of benzene rings is 2. The highest BCUT2D eigenvalue weighted by atomic mass is 32.1. The van der Waals surface area contributed by atoms with Crippen molar-refractivity contribution in [1.29, 1.82) is 0 Å². The molecule has 4 nitrogen and oxygen atoms in total. The topological polar surface area (TPSA) is 69.2 Å². The average molecular weight is 246 g/mol. The minimum absolute atomic E-state index is 0.0642. The summed E-state index contributed by atoms with van der Waals surface area (Å²) in [5.41, 5.74) is 8.20. The van der Waals surface area contributed by atoms with Crippen LogP contribution in [0.3, 0.4) is 0 Å². The second-order valence-corrected chi connectivity index (χ2v) is 4.02. The van der Waals surface area contributed by atoms with Crippen LogP contribution in [0, 0.1) is 10.1 Å². The highest BCUT2D eigenvalue weighted by Gasteiger charge is 2.08. The lowest BCUT2D eigenvalue weighted by atomic mass is 10.0. The molecule has 0 saturated carbocycles. The Bertz CT molecular complexity index is 567. The lowest BCUT2D eigenvalue weighted by molar-refractivity contribution is -0.384. The van der Waals surface area contributed by atoms with Gasteiger partial charge in [0, 0.05) is 22.6 Å². The van der Waals surface area contributed by atoms with Gasteiger partial charge in [0.05, 0.1) is 10.6 Å². The first-order valence-corrected chi connectivity index (χ1v) is 5.36. The van der Waals surface area contributed by atoms with Crippen LogP contribution < -0.4 is 5.73 Å². The van der Waals surface area contributed by atoms with Crippen molar-refractivity contribution < 1.29 is 4.92 Å². The molecule has 2 aromatic rings. The summed E-state index contributed by atoms with van der Waals surface area (Å²) in [6.45, 7) is 0. The Morgan fingerprint density at radius 2 is 1.76 bits per heavy atom. The maximum atomic E-state index is 10.5. The number of non-ortho nitro benzene ring substituents is 1.